The Labute approximate surface area is 212 Å². The molecule has 1 aliphatic rings. The second kappa shape index (κ2) is 12.5. The zero-order chi connectivity index (χ0) is 22.2. The van der Waals surface area contributed by atoms with E-state index in [1.165, 1.54) is 43.6 Å². The molecule has 1 aromatic carbocycles. The molecule has 0 saturated carbocycles. The van der Waals surface area contributed by atoms with Gasteiger partial charge < -0.3 is 19.6 Å². The first-order chi connectivity index (χ1) is 15.7. The van der Waals surface area contributed by atoms with E-state index in [0.29, 0.717) is 30.4 Å². The molecule has 0 atom stereocenters. The van der Waals surface area contributed by atoms with Crippen molar-refractivity contribution in [2.24, 2.45) is 4.99 Å². The first-order valence-electron chi connectivity index (χ1n) is 11.2. The van der Waals surface area contributed by atoms with E-state index >= 15 is 0 Å². The molecule has 0 unspecified atom stereocenters. The number of nitrogens with zero attached hydrogens (tertiary/aromatic N) is 6. The second-order valence-electron chi connectivity index (χ2n) is 8.02. The van der Waals surface area contributed by atoms with E-state index in [-0.39, 0.29) is 24.0 Å². The van der Waals surface area contributed by atoms with Crippen molar-refractivity contribution in [2.45, 2.75) is 32.2 Å². The summed E-state index contributed by atoms with van der Waals surface area (Å²) in [5, 5.41) is 7.43. The first kappa shape index (κ1) is 24.9. The molecule has 1 N–H and O–H groups in total. The van der Waals surface area contributed by atoms with Gasteiger partial charge in [-0.05, 0) is 49.1 Å². The highest BCUT2D eigenvalue weighted by Crippen LogP contribution is 2.20. The zero-order valence-electron chi connectivity index (χ0n) is 19.3. The molecular formula is C24H32IN7O. The van der Waals surface area contributed by atoms with Crippen LogP contribution in [0.2, 0.25) is 0 Å². The normalized spacial score (nSPS) is 14.0. The summed E-state index contributed by atoms with van der Waals surface area (Å²) in [6.07, 6.45) is 6.28. The Morgan fingerprint density at radius 3 is 2.61 bits per heavy atom. The van der Waals surface area contributed by atoms with Gasteiger partial charge in [-0.15, -0.1) is 24.0 Å². The summed E-state index contributed by atoms with van der Waals surface area (Å²) in [6, 6.07) is 14.5. The van der Waals surface area contributed by atoms with Gasteiger partial charge in [0.2, 0.25) is 0 Å². The summed E-state index contributed by atoms with van der Waals surface area (Å²) in [5.74, 6) is 1.92. The maximum atomic E-state index is 5.32. The number of benzene rings is 1. The van der Waals surface area contributed by atoms with Gasteiger partial charge in [-0.25, -0.2) is 0 Å². The van der Waals surface area contributed by atoms with Crippen LogP contribution in [0.5, 0.6) is 0 Å². The fourth-order valence-corrected chi connectivity index (χ4v) is 3.93. The molecule has 3 heterocycles. The van der Waals surface area contributed by atoms with Crippen molar-refractivity contribution in [3.8, 4) is 11.6 Å². The number of hydrogen-bond acceptors (Lipinski definition) is 6. The van der Waals surface area contributed by atoms with E-state index in [2.05, 4.69) is 59.5 Å². The molecule has 33 heavy (non-hydrogen) atoms. The van der Waals surface area contributed by atoms with Crippen LogP contribution in [-0.2, 0) is 13.0 Å². The molecule has 3 aromatic rings. The Balaban J connectivity index is 0.00000306. The number of guanidine groups is 1. The molecule has 0 aliphatic carbocycles. The van der Waals surface area contributed by atoms with Gasteiger partial charge in [0.25, 0.3) is 5.89 Å². The standard InChI is InChI=1S/C24H31N7O.HI/c1-25-24(27-15-13-22-28-23(32-29-22)21-8-4-5-14-26-21)30(2)18-19-9-11-20(12-10-19)31-16-6-3-7-17-31;/h4-5,8-12,14H,3,6-7,13,15-18H2,1-2H3,(H,25,27);1H. The van der Waals surface area contributed by atoms with Crippen LogP contribution in [0.3, 0.4) is 0 Å². The van der Waals surface area contributed by atoms with E-state index in [1.807, 2.05) is 25.2 Å². The number of aliphatic imine (C=N–C) groups is 1. The van der Waals surface area contributed by atoms with Gasteiger partial charge in [0.1, 0.15) is 5.69 Å². The van der Waals surface area contributed by atoms with Gasteiger partial charge in [0.15, 0.2) is 11.8 Å². The molecular weight excluding hydrogens is 529 g/mol. The molecule has 0 radical (unpaired) electrons. The molecule has 1 aliphatic heterocycles. The summed E-state index contributed by atoms with van der Waals surface area (Å²) in [4.78, 5) is 17.7. The van der Waals surface area contributed by atoms with Gasteiger partial charge in [-0.1, -0.05) is 23.4 Å². The van der Waals surface area contributed by atoms with Crippen LogP contribution < -0.4 is 10.2 Å². The van der Waals surface area contributed by atoms with Crippen molar-refractivity contribution in [1.29, 1.82) is 0 Å². The van der Waals surface area contributed by atoms with Gasteiger partial charge in [0, 0.05) is 58.6 Å². The number of piperidine rings is 1. The Morgan fingerprint density at radius 2 is 1.91 bits per heavy atom. The predicted octanol–water partition coefficient (Wildman–Crippen LogP) is 3.99. The van der Waals surface area contributed by atoms with E-state index in [0.717, 1.165) is 12.5 Å². The van der Waals surface area contributed by atoms with E-state index in [1.54, 1.807) is 13.2 Å². The Hall–Kier alpha value is -2.69. The summed E-state index contributed by atoms with van der Waals surface area (Å²) in [7, 11) is 3.84. The molecule has 2 aromatic heterocycles. The van der Waals surface area contributed by atoms with Crippen LogP contribution in [0, 0.1) is 0 Å². The fraction of sp³-hybridized carbons (Fsp3) is 0.417. The van der Waals surface area contributed by atoms with Crippen LogP contribution in [0.4, 0.5) is 5.69 Å². The van der Waals surface area contributed by atoms with E-state index in [9.17, 15) is 0 Å². The molecule has 1 saturated heterocycles. The molecule has 0 spiro atoms. The summed E-state index contributed by atoms with van der Waals surface area (Å²) in [6.45, 7) is 3.77. The summed E-state index contributed by atoms with van der Waals surface area (Å²) >= 11 is 0. The van der Waals surface area contributed by atoms with Crippen molar-refractivity contribution < 1.29 is 4.52 Å². The summed E-state index contributed by atoms with van der Waals surface area (Å²) in [5.41, 5.74) is 3.26. The molecule has 8 nitrogen and oxygen atoms in total. The number of hydrogen-bond donors (Lipinski definition) is 1. The minimum atomic E-state index is 0. The van der Waals surface area contributed by atoms with Gasteiger partial charge >= 0.3 is 0 Å². The minimum Gasteiger partial charge on any atom is -0.372 e. The van der Waals surface area contributed by atoms with Gasteiger partial charge in [-0.2, -0.15) is 4.98 Å². The topological polar surface area (TPSA) is 82.7 Å². The number of anilines is 1. The quantitative estimate of drug-likeness (QED) is 0.266. The van der Waals surface area contributed by atoms with Crippen molar-refractivity contribution in [1.82, 2.24) is 25.3 Å². The average Bonchev–Trinajstić information content (AvgIpc) is 3.32. The molecule has 176 valence electrons. The van der Waals surface area contributed by atoms with Crippen LogP contribution in [0.15, 0.2) is 58.2 Å². The number of pyridine rings is 1. The second-order valence-corrected chi connectivity index (χ2v) is 8.02. The molecule has 4 rings (SSSR count). The van der Waals surface area contributed by atoms with E-state index < -0.39 is 0 Å². The monoisotopic (exact) mass is 561 g/mol. The van der Waals surface area contributed by atoms with Crippen LogP contribution in [0.1, 0.15) is 30.7 Å². The highest BCUT2D eigenvalue weighted by atomic mass is 127. The lowest BCUT2D eigenvalue weighted by atomic mass is 10.1. The third-order valence-electron chi connectivity index (χ3n) is 5.63. The van der Waals surface area contributed by atoms with Gasteiger partial charge in [-0.3, -0.25) is 9.98 Å². The Kier molecular flexibility index (Phi) is 9.47. The highest BCUT2D eigenvalue weighted by molar-refractivity contribution is 14.0. The van der Waals surface area contributed by atoms with Crippen molar-refractivity contribution in [2.75, 3.05) is 38.6 Å². The average molecular weight is 561 g/mol. The fourth-order valence-electron chi connectivity index (χ4n) is 3.93. The molecule has 1 fully saturated rings. The van der Waals surface area contributed by atoms with Gasteiger partial charge in [0.05, 0.1) is 0 Å². The summed E-state index contributed by atoms with van der Waals surface area (Å²) < 4.78 is 5.32. The lowest BCUT2D eigenvalue weighted by molar-refractivity contribution is 0.420. The molecule has 0 bridgehead atoms. The minimum absolute atomic E-state index is 0. The molecule has 0 amide bonds. The van der Waals surface area contributed by atoms with E-state index in [4.69, 9.17) is 4.52 Å². The number of halogens is 1. The number of rotatable bonds is 7. The largest absolute Gasteiger partial charge is 0.372 e. The predicted molar refractivity (Wildman–Crippen MR) is 142 cm³/mol. The molecule has 9 heteroatoms. The lowest BCUT2D eigenvalue weighted by Gasteiger charge is -2.29. The number of aromatic nitrogens is 3. The third kappa shape index (κ3) is 6.89. The van der Waals surface area contributed by atoms with Crippen LogP contribution in [0.25, 0.3) is 11.6 Å². The van der Waals surface area contributed by atoms with Crippen molar-refractivity contribution in [3.05, 3.63) is 60.0 Å². The first-order valence-corrected chi connectivity index (χ1v) is 11.2. The van der Waals surface area contributed by atoms with Crippen molar-refractivity contribution >= 4 is 35.6 Å². The smallest absolute Gasteiger partial charge is 0.276 e. The maximum absolute atomic E-state index is 5.32. The number of nitrogens with one attached hydrogen (secondary N) is 1. The maximum Gasteiger partial charge on any atom is 0.276 e. The highest BCUT2D eigenvalue weighted by Gasteiger charge is 2.13. The third-order valence-corrected chi connectivity index (χ3v) is 5.63. The van der Waals surface area contributed by atoms with Crippen LogP contribution in [-0.4, -0.2) is 59.7 Å². The zero-order valence-corrected chi connectivity index (χ0v) is 21.6. The lowest BCUT2D eigenvalue weighted by Crippen LogP contribution is -2.39. The Bertz CT molecular complexity index is 1000. The SMILES string of the molecule is CN=C(NCCc1noc(-c2ccccn2)n1)N(C)Cc1ccc(N2CCCCC2)cc1.I. The van der Waals surface area contributed by atoms with Crippen LogP contribution >= 0.6 is 24.0 Å². The van der Waals surface area contributed by atoms with Crippen molar-refractivity contribution in [3.63, 3.8) is 0 Å². The Morgan fingerprint density at radius 1 is 1.12 bits per heavy atom.